The quantitative estimate of drug-likeness (QED) is 0.868. The molecule has 1 N–H and O–H groups in total. The van der Waals surface area contributed by atoms with E-state index in [0.29, 0.717) is 12.6 Å². The standard InChI is InChI=1S/C14H19NO2/c1-2-13-12-6-4-3-5-11(12)7-9-15(13)10-8-14(16)17/h3-6,13H,2,7-10H2,1H3,(H,16,17). The smallest absolute Gasteiger partial charge is 0.304 e. The summed E-state index contributed by atoms with van der Waals surface area (Å²) in [5, 5.41) is 8.77. The zero-order valence-electron chi connectivity index (χ0n) is 10.2. The van der Waals surface area contributed by atoms with Gasteiger partial charge in [0.2, 0.25) is 0 Å². The molecule has 1 aromatic rings. The van der Waals surface area contributed by atoms with Crippen molar-refractivity contribution >= 4 is 5.97 Å². The van der Waals surface area contributed by atoms with Crippen LogP contribution in [-0.2, 0) is 11.2 Å². The van der Waals surface area contributed by atoms with Crippen LogP contribution in [0.4, 0.5) is 0 Å². The van der Waals surface area contributed by atoms with Gasteiger partial charge in [-0.05, 0) is 24.0 Å². The Bertz CT molecular complexity index is 403. The van der Waals surface area contributed by atoms with E-state index in [1.165, 1.54) is 11.1 Å². The van der Waals surface area contributed by atoms with Gasteiger partial charge in [-0.2, -0.15) is 0 Å². The van der Waals surface area contributed by atoms with E-state index in [9.17, 15) is 4.79 Å². The summed E-state index contributed by atoms with van der Waals surface area (Å²) < 4.78 is 0. The van der Waals surface area contributed by atoms with Crippen molar-refractivity contribution in [3.8, 4) is 0 Å². The van der Waals surface area contributed by atoms with Gasteiger partial charge in [-0.25, -0.2) is 0 Å². The topological polar surface area (TPSA) is 40.5 Å². The first-order valence-corrected chi connectivity index (χ1v) is 6.26. The van der Waals surface area contributed by atoms with E-state index in [1.54, 1.807) is 0 Å². The van der Waals surface area contributed by atoms with E-state index in [1.807, 2.05) is 0 Å². The van der Waals surface area contributed by atoms with Crippen molar-refractivity contribution in [1.82, 2.24) is 4.90 Å². The summed E-state index contributed by atoms with van der Waals surface area (Å²) in [6, 6.07) is 8.91. The molecule has 1 aliphatic heterocycles. The summed E-state index contributed by atoms with van der Waals surface area (Å²) in [5.74, 6) is -0.710. The molecule has 92 valence electrons. The van der Waals surface area contributed by atoms with Crippen LogP contribution in [0.25, 0.3) is 0 Å². The van der Waals surface area contributed by atoms with E-state index in [0.717, 1.165) is 19.4 Å². The van der Waals surface area contributed by atoms with E-state index in [-0.39, 0.29) is 6.42 Å². The zero-order chi connectivity index (χ0) is 12.3. The molecular formula is C14H19NO2. The number of aliphatic carboxylic acids is 1. The molecule has 1 atom stereocenters. The van der Waals surface area contributed by atoms with E-state index >= 15 is 0 Å². The van der Waals surface area contributed by atoms with Crippen molar-refractivity contribution in [2.45, 2.75) is 32.2 Å². The first kappa shape index (κ1) is 12.1. The lowest BCUT2D eigenvalue weighted by atomic mass is 9.91. The predicted molar refractivity (Wildman–Crippen MR) is 67.0 cm³/mol. The molecule has 0 aliphatic carbocycles. The van der Waals surface area contributed by atoms with Crippen LogP contribution in [0, 0.1) is 0 Å². The Kier molecular flexibility index (Phi) is 3.79. The molecule has 0 bridgehead atoms. The Labute approximate surface area is 102 Å². The highest BCUT2D eigenvalue weighted by Gasteiger charge is 2.25. The Morgan fingerprint density at radius 3 is 2.94 bits per heavy atom. The zero-order valence-corrected chi connectivity index (χ0v) is 10.2. The van der Waals surface area contributed by atoms with E-state index in [4.69, 9.17) is 5.11 Å². The third-order valence-corrected chi connectivity index (χ3v) is 3.52. The van der Waals surface area contributed by atoms with Gasteiger partial charge in [0.15, 0.2) is 0 Å². The molecule has 2 rings (SSSR count). The number of nitrogens with zero attached hydrogens (tertiary/aromatic N) is 1. The van der Waals surface area contributed by atoms with Gasteiger partial charge in [-0.3, -0.25) is 9.69 Å². The van der Waals surface area contributed by atoms with Crippen LogP contribution in [0.5, 0.6) is 0 Å². The Hall–Kier alpha value is -1.35. The SMILES string of the molecule is CCC1c2ccccc2CCN1CCC(=O)O. The summed E-state index contributed by atoms with van der Waals surface area (Å²) >= 11 is 0. The molecule has 0 amide bonds. The molecule has 3 heteroatoms. The molecule has 1 aromatic carbocycles. The second-order valence-corrected chi connectivity index (χ2v) is 4.55. The van der Waals surface area contributed by atoms with Gasteiger partial charge in [-0.15, -0.1) is 0 Å². The van der Waals surface area contributed by atoms with Gasteiger partial charge in [0.05, 0.1) is 6.42 Å². The molecule has 0 saturated heterocycles. The third kappa shape index (κ3) is 2.67. The minimum atomic E-state index is -0.710. The van der Waals surface area contributed by atoms with Crippen LogP contribution in [0.15, 0.2) is 24.3 Å². The maximum Gasteiger partial charge on any atom is 0.304 e. The molecule has 3 nitrogen and oxygen atoms in total. The monoisotopic (exact) mass is 233 g/mol. The molecule has 1 unspecified atom stereocenters. The normalized spacial score (nSPS) is 19.9. The van der Waals surface area contributed by atoms with Crippen molar-refractivity contribution in [3.05, 3.63) is 35.4 Å². The second kappa shape index (κ2) is 5.32. The van der Waals surface area contributed by atoms with Crippen molar-refractivity contribution in [3.63, 3.8) is 0 Å². The number of hydrogen-bond acceptors (Lipinski definition) is 2. The van der Waals surface area contributed by atoms with E-state index in [2.05, 4.69) is 36.1 Å². The van der Waals surface area contributed by atoms with Gasteiger partial charge < -0.3 is 5.11 Å². The highest BCUT2D eigenvalue weighted by molar-refractivity contribution is 5.66. The largest absolute Gasteiger partial charge is 0.481 e. The van der Waals surface area contributed by atoms with Crippen LogP contribution in [-0.4, -0.2) is 29.1 Å². The number of carboxylic acid groups (broad SMARTS) is 1. The summed E-state index contributed by atoms with van der Waals surface area (Å²) in [7, 11) is 0. The Morgan fingerprint density at radius 2 is 2.24 bits per heavy atom. The number of carboxylic acids is 1. The maximum atomic E-state index is 10.7. The van der Waals surface area contributed by atoms with Crippen molar-refractivity contribution < 1.29 is 9.90 Å². The number of carbonyl (C=O) groups is 1. The van der Waals surface area contributed by atoms with Gasteiger partial charge >= 0.3 is 5.97 Å². The fourth-order valence-electron chi connectivity index (χ4n) is 2.69. The third-order valence-electron chi connectivity index (χ3n) is 3.52. The lowest BCUT2D eigenvalue weighted by molar-refractivity contribution is -0.137. The van der Waals surface area contributed by atoms with Crippen molar-refractivity contribution in [1.29, 1.82) is 0 Å². The lowest BCUT2D eigenvalue weighted by Gasteiger charge is -2.36. The van der Waals surface area contributed by atoms with Crippen LogP contribution in [0.3, 0.4) is 0 Å². The number of fused-ring (bicyclic) bond motifs is 1. The highest BCUT2D eigenvalue weighted by Crippen LogP contribution is 2.31. The first-order valence-electron chi connectivity index (χ1n) is 6.26. The predicted octanol–water partition coefficient (Wildman–Crippen LogP) is 2.47. The molecule has 0 fully saturated rings. The minimum absolute atomic E-state index is 0.235. The summed E-state index contributed by atoms with van der Waals surface area (Å²) in [4.78, 5) is 13.0. The molecule has 17 heavy (non-hydrogen) atoms. The maximum absolute atomic E-state index is 10.7. The highest BCUT2D eigenvalue weighted by atomic mass is 16.4. The summed E-state index contributed by atoms with van der Waals surface area (Å²) in [5.41, 5.74) is 2.80. The first-order chi connectivity index (χ1) is 8.22. The summed E-state index contributed by atoms with van der Waals surface area (Å²) in [6.07, 6.45) is 2.31. The van der Waals surface area contributed by atoms with Crippen LogP contribution in [0.1, 0.15) is 36.9 Å². The molecule has 0 saturated carbocycles. The average molecular weight is 233 g/mol. The fourth-order valence-corrected chi connectivity index (χ4v) is 2.69. The number of hydrogen-bond donors (Lipinski definition) is 1. The molecule has 1 aliphatic rings. The fraction of sp³-hybridized carbons (Fsp3) is 0.500. The summed E-state index contributed by atoms with van der Waals surface area (Å²) in [6.45, 7) is 3.80. The number of benzene rings is 1. The molecule has 0 aromatic heterocycles. The van der Waals surface area contributed by atoms with Gasteiger partial charge in [0.25, 0.3) is 0 Å². The molecule has 0 radical (unpaired) electrons. The van der Waals surface area contributed by atoms with Gasteiger partial charge in [0, 0.05) is 19.1 Å². The van der Waals surface area contributed by atoms with Gasteiger partial charge in [-0.1, -0.05) is 31.2 Å². The number of rotatable bonds is 4. The minimum Gasteiger partial charge on any atom is -0.481 e. The molecule has 0 spiro atoms. The Balaban J connectivity index is 2.14. The van der Waals surface area contributed by atoms with Crippen LogP contribution >= 0.6 is 0 Å². The Morgan fingerprint density at radius 1 is 1.47 bits per heavy atom. The molecule has 1 heterocycles. The van der Waals surface area contributed by atoms with Crippen LogP contribution < -0.4 is 0 Å². The lowest BCUT2D eigenvalue weighted by Crippen LogP contribution is -2.36. The van der Waals surface area contributed by atoms with Crippen molar-refractivity contribution in [2.24, 2.45) is 0 Å². The average Bonchev–Trinajstić information content (AvgIpc) is 2.35. The van der Waals surface area contributed by atoms with E-state index < -0.39 is 5.97 Å². The van der Waals surface area contributed by atoms with Crippen molar-refractivity contribution in [2.75, 3.05) is 13.1 Å². The second-order valence-electron chi connectivity index (χ2n) is 4.55. The van der Waals surface area contributed by atoms with Crippen LogP contribution in [0.2, 0.25) is 0 Å². The molecular weight excluding hydrogens is 214 g/mol. The van der Waals surface area contributed by atoms with Gasteiger partial charge in [0.1, 0.15) is 0 Å².